The van der Waals surface area contributed by atoms with Crippen molar-refractivity contribution in [2.75, 3.05) is 18.5 Å². The van der Waals surface area contributed by atoms with Crippen molar-refractivity contribution in [2.45, 2.75) is 19.8 Å². The molecule has 0 fully saturated rings. The van der Waals surface area contributed by atoms with Gasteiger partial charge in [-0.15, -0.1) is 10.2 Å². The molecule has 1 aromatic heterocycles. The first-order valence-corrected chi connectivity index (χ1v) is 5.55. The number of aliphatic hydroxyl groups excluding tert-OH is 1. The van der Waals surface area contributed by atoms with Gasteiger partial charge in [0.25, 0.3) is 0 Å². The Morgan fingerprint density at radius 1 is 1.47 bits per heavy atom. The lowest BCUT2D eigenvalue weighted by molar-refractivity contribution is 0.0689. The van der Waals surface area contributed by atoms with Gasteiger partial charge in [0.15, 0.2) is 5.69 Å². The third-order valence-electron chi connectivity index (χ3n) is 2.38. The molecule has 1 heterocycles. The number of carboxylic acids is 1. The lowest BCUT2D eigenvalue weighted by atomic mass is 10.1. The Morgan fingerprint density at radius 3 is 2.76 bits per heavy atom. The molecule has 0 aliphatic rings. The van der Waals surface area contributed by atoms with Gasteiger partial charge in [0.05, 0.1) is 0 Å². The molecule has 6 nitrogen and oxygen atoms in total. The fourth-order valence-electron chi connectivity index (χ4n) is 1.30. The summed E-state index contributed by atoms with van der Waals surface area (Å²) in [6.45, 7) is 2.92. The number of carbonyl (C=O) groups is 1. The molecule has 0 saturated heterocycles. The molecule has 0 amide bonds. The number of aromatic nitrogens is 2. The zero-order valence-corrected chi connectivity index (χ0v) is 9.76. The van der Waals surface area contributed by atoms with Crippen molar-refractivity contribution in [1.82, 2.24) is 10.2 Å². The number of aromatic carboxylic acids is 1. The second kappa shape index (κ2) is 6.80. The minimum atomic E-state index is -1.08. The minimum absolute atomic E-state index is 0.0653. The molecule has 0 spiro atoms. The van der Waals surface area contributed by atoms with Gasteiger partial charge in [-0.25, -0.2) is 4.79 Å². The summed E-state index contributed by atoms with van der Waals surface area (Å²) in [5.41, 5.74) is -0.0653. The Balaban J connectivity index is 2.30. The van der Waals surface area contributed by atoms with E-state index in [-0.39, 0.29) is 12.3 Å². The number of nitrogens with zero attached hydrogens (tertiary/aromatic N) is 2. The average molecular weight is 239 g/mol. The fraction of sp³-hybridized carbons (Fsp3) is 0.545. The molecule has 17 heavy (non-hydrogen) atoms. The van der Waals surface area contributed by atoms with Crippen LogP contribution in [0.15, 0.2) is 12.1 Å². The van der Waals surface area contributed by atoms with Crippen LogP contribution in [0, 0.1) is 5.92 Å². The topological polar surface area (TPSA) is 95.3 Å². The highest BCUT2D eigenvalue weighted by Gasteiger charge is 2.04. The largest absolute Gasteiger partial charge is 0.476 e. The molecule has 0 aliphatic heterocycles. The van der Waals surface area contributed by atoms with E-state index in [9.17, 15) is 4.79 Å². The Kier molecular flexibility index (Phi) is 5.35. The van der Waals surface area contributed by atoms with Crippen molar-refractivity contribution in [3.8, 4) is 0 Å². The van der Waals surface area contributed by atoms with Crippen LogP contribution < -0.4 is 5.32 Å². The first kappa shape index (κ1) is 13.4. The number of carboxylic acid groups (broad SMARTS) is 1. The molecule has 1 atom stereocenters. The predicted molar refractivity (Wildman–Crippen MR) is 63.0 cm³/mol. The lowest BCUT2D eigenvalue weighted by Gasteiger charge is -2.08. The van der Waals surface area contributed by atoms with Crippen LogP contribution in [0.5, 0.6) is 0 Å². The molecule has 94 valence electrons. The number of rotatable bonds is 7. The molecule has 0 radical (unpaired) electrons. The monoisotopic (exact) mass is 239 g/mol. The first-order valence-electron chi connectivity index (χ1n) is 5.55. The summed E-state index contributed by atoms with van der Waals surface area (Å²) in [5, 5.41) is 27.8. The number of nitrogens with one attached hydrogen (secondary N) is 1. The summed E-state index contributed by atoms with van der Waals surface area (Å²) < 4.78 is 0. The molecule has 0 aromatic carbocycles. The quantitative estimate of drug-likeness (QED) is 0.614. The van der Waals surface area contributed by atoms with E-state index in [1.165, 1.54) is 6.07 Å². The van der Waals surface area contributed by atoms with Gasteiger partial charge in [-0.2, -0.15) is 0 Å². The van der Waals surface area contributed by atoms with Crippen molar-refractivity contribution in [1.29, 1.82) is 0 Å². The smallest absolute Gasteiger partial charge is 0.356 e. The van der Waals surface area contributed by atoms with E-state index in [0.717, 1.165) is 19.4 Å². The van der Waals surface area contributed by atoms with Crippen LogP contribution in [0.25, 0.3) is 0 Å². The normalized spacial score (nSPS) is 12.1. The summed E-state index contributed by atoms with van der Waals surface area (Å²) in [4.78, 5) is 10.5. The number of hydrogen-bond donors (Lipinski definition) is 3. The molecular weight excluding hydrogens is 222 g/mol. The van der Waals surface area contributed by atoms with Crippen LogP contribution in [0.2, 0.25) is 0 Å². The summed E-state index contributed by atoms with van der Waals surface area (Å²) in [5.74, 6) is -0.218. The van der Waals surface area contributed by atoms with E-state index in [1.807, 2.05) is 6.92 Å². The van der Waals surface area contributed by atoms with E-state index < -0.39 is 5.97 Å². The molecule has 3 N–H and O–H groups in total. The van der Waals surface area contributed by atoms with Crippen molar-refractivity contribution in [3.63, 3.8) is 0 Å². The first-order chi connectivity index (χ1) is 8.13. The molecule has 1 aromatic rings. The predicted octanol–water partition coefficient (Wildman–Crippen LogP) is 0.995. The molecule has 6 heteroatoms. The third-order valence-corrected chi connectivity index (χ3v) is 2.38. The van der Waals surface area contributed by atoms with Crippen LogP contribution in [0.3, 0.4) is 0 Å². The molecule has 1 unspecified atom stereocenters. The van der Waals surface area contributed by atoms with Crippen LogP contribution in [0.1, 0.15) is 30.3 Å². The third kappa shape index (κ3) is 4.78. The Morgan fingerprint density at radius 2 is 2.24 bits per heavy atom. The van der Waals surface area contributed by atoms with E-state index >= 15 is 0 Å². The lowest BCUT2D eigenvalue weighted by Crippen LogP contribution is -2.09. The van der Waals surface area contributed by atoms with E-state index in [2.05, 4.69) is 15.5 Å². The van der Waals surface area contributed by atoms with Gasteiger partial charge in [0.1, 0.15) is 5.82 Å². The van der Waals surface area contributed by atoms with Gasteiger partial charge in [-0.05, 0) is 30.9 Å². The second-order valence-corrected chi connectivity index (χ2v) is 3.97. The van der Waals surface area contributed by atoms with Crippen molar-refractivity contribution < 1.29 is 15.0 Å². The highest BCUT2D eigenvalue weighted by atomic mass is 16.4. The average Bonchev–Trinajstić information content (AvgIpc) is 2.34. The maximum Gasteiger partial charge on any atom is 0.356 e. The van der Waals surface area contributed by atoms with Crippen LogP contribution in [-0.4, -0.2) is 39.5 Å². The highest BCUT2D eigenvalue weighted by molar-refractivity contribution is 5.85. The molecule has 0 aliphatic carbocycles. The standard InChI is InChI=1S/C11H17N3O3/c1-8(7-15)3-2-6-12-10-5-4-9(11(16)17)13-14-10/h4-5,8,15H,2-3,6-7H2,1H3,(H,12,14)(H,16,17). The summed E-state index contributed by atoms with van der Waals surface area (Å²) >= 11 is 0. The van der Waals surface area contributed by atoms with Gasteiger partial charge in [-0.1, -0.05) is 6.92 Å². The molecule has 1 rings (SSSR count). The van der Waals surface area contributed by atoms with Crippen LogP contribution >= 0.6 is 0 Å². The van der Waals surface area contributed by atoms with Crippen molar-refractivity contribution >= 4 is 11.8 Å². The van der Waals surface area contributed by atoms with Gasteiger partial charge in [-0.3, -0.25) is 0 Å². The second-order valence-electron chi connectivity index (χ2n) is 3.97. The van der Waals surface area contributed by atoms with Gasteiger partial charge in [0.2, 0.25) is 0 Å². The number of hydrogen-bond acceptors (Lipinski definition) is 5. The van der Waals surface area contributed by atoms with Gasteiger partial charge >= 0.3 is 5.97 Å². The Labute approximate surface area is 99.7 Å². The van der Waals surface area contributed by atoms with Gasteiger partial charge in [0, 0.05) is 13.2 Å². The minimum Gasteiger partial charge on any atom is -0.476 e. The number of aliphatic hydroxyl groups is 1. The SMILES string of the molecule is CC(CO)CCCNc1ccc(C(=O)O)nn1. The zero-order chi connectivity index (χ0) is 12.7. The van der Waals surface area contributed by atoms with E-state index in [4.69, 9.17) is 10.2 Å². The Bertz CT molecular complexity index is 353. The maximum absolute atomic E-state index is 10.5. The van der Waals surface area contributed by atoms with Gasteiger partial charge < -0.3 is 15.5 Å². The van der Waals surface area contributed by atoms with Crippen molar-refractivity contribution in [3.05, 3.63) is 17.8 Å². The summed E-state index contributed by atoms with van der Waals surface area (Å²) in [6.07, 6.45) is 1.86. The summed E-state index contributed by atoms with van der Waals surface area (Å²) in [7, 11) is 0. The molecular formula is C11H17N3O3. The van der Waals surface area contributed by atoms with E-state index in [0.29, 0.717) is 11.7 Å². The zero-order valence-electron chi connectivity index (χ0n) is 9.76. The highest BCUT2D eigenvalue weighted by Crippen LogP contribution is 2.06. The van der Waals surface area contributed by atoms with Crippen molar-refractivity contribution in [2.24, 2.45) is 5.92 Å². The van der Waals surface area contributed by atoms with E-state index in [1.54, 1.807) is 6.07 Å². The summed E-state index contributed by atoms with van der Waals surface area (Å²) in [6, 6.07) is 3.00. The fourth-order valence-corrected chi connectivity index (χ4v) is 1.30. The number of anilines is 1. The van der Waals surface area contributed by atoms with Crippen LogP contribution in [-0.2, 0) is 0 Å². The Hall–Kier alpha value is -1.69. The molecule has 0 bridgehead atoms. The van der Waals surface area contributed by atoms with Crippen LogP contribution in [0.4, 0.5) is 5.82 Å². The maximum atomic E-state index is 10.5. The molecule has 0 saturated carbocycles.